The number of anilines is 1. The molecule has 0 radical (unpaired) electrons. The largest absolute Gasteiger partial charge is 0.385 e. The molecule has 2 rings (SSSR count). The Morgan fingerprint density at radius 2 is 2.14 bits per heavy atom. The molecule has 0 aliphatic heterocycles. The molecule has 1 heterocycles. The van der Waals surface area contributed by atoms with Gasteiger partial charge in [0.2, 0.25) is 0 Å². The minimum absolute atomic E-state index is 0.158. The summed E-state index contributed by atoms with van der Waals surface area (Å²) in [5.41, 5.74) is 5.83. The van der Waals surface area contributed by atoms with E-state index < -0.39 is 5.91 Å². The van der Waals surface area contributed by atoms with Gasteiger partial charge in [-0.25, -0.2) is 0 Å². The van der Waals surface area contributed by atoms with Crippen LogP contribution in [0.1, 0.15) is 48.9 Å². The van der Waals surface area contributed by atoms with Crippen LogP contribution in [0.2, 0.25) is 5.15 Å². The molecule has 1 aromatic heterocycles. The molecule has 0 unspecified atom stereocenters. The van der Waals surface area contributed by atoms with Gasteiger partial charge in [-0.2, -0.15) is 0 Å². The zero-order valence-electron chi connectivity index (χ0n) is 12.9. The predicted octanol–water partition coefficient (Wildman–Crippen LogP) is 2.63. The number of amides is 1. The number of primary amides is 1. The van der Waals surface area contributed by atoms with Crippen molar-refractivity contribution in [2.75, 3.05) is 25.6 Å². The Morgan fingerprint density at radius 1 is 1.41 bits per heavy atom. The third-order valence-corrected chi connectivity index (χ3v) is 4.60. The second-order valence-corrected chi connectivity index (χ2v) is 6.34. The Bertz CT molecular complexity index is 518. The Labute approximate surface area is 135 Å². The molecule has 1 amide bonds. The minimum Gasteiger partial charge on any atom is -0.385 e. The van der Waals surface area contributed by atoms with E-state index in [1.165, 1.54) is 25.3 Å². The molecule has 1 aromatic rings. The first-order valence-corrected chi connectivity index (χ1v) is 8.00. The van der Waals surface area contributed by atoms with Crippen LogP contribution in [-0.4, -0.2) is 36.4 Å². The summed E-state index contributed by atoms with van der Waals surface area (Å²) in [7, 11) is 1.72. The van der Waals surface area contributed by atoms with Gasteiger partial charge in [-0.1, -0.05) is 30.9 Å². The number of hydrogen-bond donors (Lipinski definition) is 2. The maximum Gasteiger partial charge on any atom is 0.252 e. The molecule has 22 heavy (non-hydrogen) atoms. The van der Waals surface area contributed by atoms with E-state index in [0.717, 1.165) is 32.4 Å². The van der Waals surface area contributed by atoms with Gasteiger partial charge >= 0.3 is 0 Å². The van der Waals surface area contributed by atoms with E-state index in [4.69, 9.17) is 22.1 Å². The summed E-state index contributed by atoms with van der Waals surface area (Å²) in [6.07, 6.45) is 7.01. The highest BCUT2D eigenvalue weighted by molar-refractivity contribution is 6.29. The summed E-state index contributed by atoms with van der Waals surface area (Å²) < 4.78 is 5.25. The SMILES string of the molecule is COCCC1(CNc2nnc(Cl)cc2C(N)=O)CCCCC1. The molecule has 1 saturated carbocycles. The van der Waals surface area contributed by atoms with Crippen LogP contribution in [0.3, 0.4) is 0 Å². The summed E-state index contributed by atoms with van der Waals surface area (Å²) in [6, 6.07) is 1.45. The average Bonchev–Trinajstić information content (AvgIpc) is 2.52. The highest BCUT2D eigenvalue weighted by Gasteiger charge is 2.32. The van der Waals surface area contributed by atoms with Crippen LogP contribution in [0.4, 0.5) is 5.82 Å². The summed E-state index contributed by atoms with van der Waals surface area (Å²) in [5, 5.41) is 11.2. The van der Waals surface area contributed by atoms with E-state index >= 15 is 0 Å². The lowest BCUT2D eigenvalue weighted by Gasteiger charge is -2.37. The standard InChI is InChI=1S/C15H23ClN4O2/c1-22-8-7-15(5-3-2-4-6-15)10-18-14-11(13(17)21)9-12(16)19-20-14/h9H,2-8,10H2,1H3,(H2,17,21)(H,18,20). The topological polar surface area (TPSA) is 90.1 Å². The fraction of sp³-hybridized carbons (Fsp3) is 0.667. The van der Waals surface area contributed by atoms with Crippen LogP contribution < -0.4 is 11.1 Å². The molecule has 0 spiro atoms. The summed E-state index contributed by atoms with van der Waals surface area (Å²) in [5.74, 6) is -0.159. The van der Waals surface area contributed by atoms with E-state index in [0.29, 0.717) is 5.82 Å². The molecule has 1 fully saturated rings. The Balaban J connectivity index is 2.10. The van der Waals surface area contributed by atoms with Crippen molar-refractivity contribution >= 4 is 23.3 Å². The Kier molecular flexibility index (Phi) is 5.97. The number of ether oxygens (including phenoxy) is 1. The van der Waals surface area contributed by atoms with Gasteiger partial charge in [-0.05, 0) is 30.7 Å². The summed E-state index contributed by atoms with van der Waals surface area (Å²) in [6.45, 7) is 1.46. The van der Waals surface area contributed by atoms with Crippen molar-refractivity contribution in [3.05, 3.63) is 16.8 Å². The second kappa shape index (κ2) is 7.74. The third kappa shape index (κ3) is 4.30. The summed E-state index contributed by atoms with van der Waals surface area (Å²) >= 11 is 5.78. The summed E-state index contributed by atoms with van der Waals surface area (Å²) in [4.78, 5) is 11.5. The van der Waals surface area contributed by atoms with Crippen LogP contribution in [0.25, 0.3) is 0 Å². The van der Waals surface area contributed by atoms with Crippen LogP contribution in [-0.2, 0) is 4.74 Å². The Hall–Kier alpha value is -1.40. The first-order valence-electron chi connectivity index (χ1n) is 7.62. The van der Waals surface area contributed by atoms with Gasteiger partial charge in [0, 0.05) is 20.3 Å². The molecule has 0 aromatic carbocycles. The lowest BCUT2D eigenvalue weighted by Crippen LogP contribution is -2.34. The van der Waals surface area contributed by atoms with Crippen molar-refractivity contribution in [3.8, 4) is 0 Å². The third-order valence-electron chi connectivity index (χ3n) is 4.41. The van der Waals surface area contributed by atoms with Crippen LogP contribution >= 0.6 is 11.6 Å². The van der Waals surface area contributed by atoms with E-state index in [1.807, 2.05) is 0 Å². The van der Waals surface area contributed by atoms with E-state index in [-0.39, 0.29) is 16.1 Å². The zero-order valence-corrected chi connectivity index (χ0v) is 13.7. The molecular formula is C15H23ClN4O2. The van der Waals surface area contributed by atoms with Crippen LogP contribution in [0.15, 0.2) is 6.07 Å². The van der Waals surface area contributed by atoms with Crippen molar-refractivity contribution in [3.63, 3.8) is 0 Å². The molecule has 1 aliphatic rings. The fourth-order valence-electron chi connectivity index (χ4n) is 3.09. The molecule has 7 heteroatoms. The lowest BCUT2D eigenvalue weighted by molar-refractivity contribution is 0.0999. The van der Waals surface area contributed by atoms with Gasteiger partial charge in [0.15, 0.2) is 11.0 Å². The van der Waals surface area contributed by atoms with Gasteiger partial charge in [0.25, 0.3) is 5.91 Å². The van der Waals surface area contributed by atoms with Gasteiger partial charge in [-0.3, -0.25) is 4.79 Å². The maximum atomic E-state index is 11.5. The van der Waals surface area contributed by atoms with Crippen molar-refractivity contribution in [1.82, 2.24) is 10.2 Å². The smallest absolute Gasteiger partial charge is 0.252 e. The number of hydrogen-bond acceptors (Lipinski definition) is 5. The van der Waals surface area contributed by atoms with Gasteiger partial charge in [0.1, 0.15) is 0 Å². The van der Waals surface area contributed by atoms with Crippen molar-refractivity contribution in [2.45, 2.75) is 38.5 Å². The number of carbonyl (C=O) groups is 1. The number of nitrogens with two attached hydrogens (primary N) is 1. The van der Waals surface area contributed by atoms with E-state index in [1.54, 1.807) is 7.11 Å². The molecular weight excluding hydrogens is 304 g/mol. The van der Waals surface area contributed by atoms with Crippen molar-refractivity contribution in [1.29, 1.82) is 0 Å². The van der Waals surface area contributed by atoms with E-state index in [2.05, 4.69) is 15.5 Å². The van der Waals surface area contributed by atoms with Crippen LogP contribution in [0, 0.1) is 5.41 Å². The molecule has 3 N–H and O–H groups in total. The number of nitrogens with zero attached hydrogens (tertiary/aromatic N) is 2. The first kappa shape index (κ1) is 17.0. The number of methoxy groups -OCH3 is 1. The maximum absolute atomic E-state index is 11.5. The lowest BCUT2D eigenvalue weighted by atomic mass is 9.72. The molecule has 6 nitrogen and oxygen atoms in total. The fourth-order valence-corrected chi connectivity index (χ4v) is 3.24. The van der Waals surface area contributed by atoms with E-state index in [9.17, 15) is 4.79 Å². The molecule has 122 valence electrons. The zero-order chi connectivity index (χ0) is 16.0. The molecule has 0 atom stereocenters. The highest BCUT2D eigenvalue weighted by Crippen LogP contribution is 2.39. The number of rotatable bonds is 7. The van der Waals surface area contributed by atoms with Crippen molar-refractivity contribution in [2.24, 2.45) is 11.1 Å². The molecule has 0 bridgehead atoms. The van der Waals surface area contributed by atoms with Gasteiger partial charge < -0.3 is 15.8 Å². The van der Waals surface area contributed by atoms with Crippen molar-refractivity contribution < 1.29 is 9.53 Å². The minimum atomic E-state index is -0.561. The Morgan fingerprint density at radius 3 is 2.77 bits per heavy atom. The van der Waals surface area contributed by atoms with Gasteiger partial charge in [-0.15, -0.1) is 10.2 Å². The molecule has 0 saturated heterocycles. The predicted molar refractivity (Wildman–Crippen MR) is 86.1 cm³/mol. The quantitative estimate of drug-likeness (QED) is 0.803. The second-order valence-electron chi connectivity index (χ2n) is 5.95. The number of halogens is 1. The number of aromatic nitrogens is 2. The highest BCUT2D eigenvalue weighted by atomic mass is 35.5. The van der Waals surface area contributed by atoms with Crippen LogP contribution in [0.5, 0.6) is 0 Å². The van der Waals surface area contributed by atoms with Gasteiger partial charge in [0.05, 0.1) is 5.56 Å². The normalized spacial score (nSPS) is 17.2. The number of nitrogens with one attached hydrogen (secondary N) is 1. The first-order chi connectivity index (χ1) is 10.6. The average molecular weight is 327 g/mol. The number of carbonyl (C=O) groups excluding carboxylic acids is 1. The molecule has 1 aliphatic carbocycles. The monoisotopic (exact) mass is 326 g/mol.